The lowest BCUT2D eigenvalue weighted by Crippen LogP contribution is -2.25. The molecule has 1 fully saturated rings. The van der Waals surface area contributed by atoms with Crippen molar-refractivity contribution >= 4 is 40.6 Å². The van der Waals surface area contributed by atoms with Crippen LogP contribution in [0, 0.1) is 10.5 Å². The molecule has 0 aromatic heterocycles. The van der Waals surface area contributed by atoms with Gasteiger partial charge < -0.3 is 10.1 Å². The number of halogens is 1. The SMILES string of the molecule is Cc1ccc(COc2ccc(/C=C3/NC(=O)N(C)C3=O)cc2I)cc1. The molecule has 0 aliphatic carbocycles. The van der Waals surface area contributed by atoms with Crippen molar-refractivity contribution in [3.8, 4) is 5.75 Å². The third-order valence-electron chi connectivity index (χ3n) is 3.86. The first-order valence-electron chi connectivity index (χ1n) is 7.72. The summed E-state index contributed by atoms with van der Waals surface area (Å²) >= 11 is 2.20. The molecule has 1 aliphatic heterocycles. The van der Waals surface area contributed by atoms with Crippen molar-refractivity contribution in [2.45, 2.75) is 13.5 Å². The number of amides is 3. The number of rotatable bonds is 4. The van der Waals surface area contributed by atoms with Gasteiger partial charge in [0.2, 0.25) is 0 Å². The highest BCUT2D eigenvalue weighted by atomic mass is 127. The van der Waals surface area contributed by atoms with Gasteiger partial charge in [-0.3, -0.25) is 9.69 Å². The second kappa shape index (κ2) is 7.26. The number of carbonyl (C=O) groups is 2. The quantitative estimate of drug-likeness (QED) is 0.441. The van der Waals surface area contributed by atoms with Crippen LogP contribution in [0.5, 0.6) is 5.75 Å². The van der Waals surface area contributed by atoms with Gasteiger partial charge in [-0.15, -0.1) is 0 Å². The predicted octanol–water partition coefficient (Wildman–Crippen LogP) is 3.70. The van der Waals surface area contributed by atoms with Crippen molar-refractivity contribution < 1.29 is 14.3 Å². The molecule has 2 aromatic rings. The topological polar surface area (TPSA) is 58.6 Å². The molecule has 1 aliphatic rings. The van der Waals surface area contributed by atoms with Crippen LogP contribution in [-0.4, -0.2) is 23.9 Å². The second-order valence-electron chi connectivity index (χ2n) is 5.82. The molecule has 2 aromatic carbocycles. The zero-order valence-corrected chi connectivity index (χ0v) is 16.0. The van der Waals surface area contributed by atoms with E-state index >= 15 is 0 Å². The summed E-state index contributed by atoms with van der Waals surface area (Å²) in [5.41, 5.74) is 3.42. The van der Waals surface area contributed by atoms with Gasteiger partial charge in [-0.25, -0.2) is 4.79 Å². The van der Waals surface area contributed by atoms with Gasteiger partial charge >= 0.3 is 6.03 Å². The number of imide groups is 1. The maximum Gasteiger partial charge on any atom is 0.328 e. The highest BCUT2D eigenvalue weighted by Crippen LogP contribution is 2.25. The molecule has 3 amide bonds. The van der Waals surface area contributed by atoms with Gasteiger partial charge in [0.05, 0.1) is 3.57 Å². The molecular formula is C19H17IN2O3. The summed E-state index contributed by atoms with van der Waals surface area (Å²) in [4.78, 5) is 24.4. The molecule has 0 bridgehead atoms. The first-order valence-corrected chi connectivity index (χ1v) is 8.80. The summed E-state index contributed by atoms with van der Waals surface area (Å²) in [6.45, 7) is 2.55. The fourth-order valence-corrected chi connectivity index (χ4v) is 3.05. The Hall–Kier alpha value is -2.35. The van der Waals surface area contributed by atoms with E-state index in [9.17, 15) is 9.59 Å². The molecule has 128 valence electrons. The molecule has 1 saturated heterocycles. The van der Waals surface area contributed by atoms with E-state index < -0.39 is 6.03 Å². The Balaban J connectivity index is 1.72. The van der Waals surface area contributed by atoms with Crippen molar-refractivity contribution in [2.24, 2.45) is 0 Å². The van der Waals surface area contributed by atoms with Gasteiger partial charge in [-0.2, -0.15) is 0 Å². The molecule has 0 radical (unpaired) electrons. The van der Waals surface area contributed by atoms with E-state index in [0.717, 1.165) is 25.3 Å². The molecule has 0 atom stereocenters. The van der Waals surface area contributed by atoms with Gasteiger partial charge in [0, 0.05) is 7.05 Å². The number of carbonyl (C=O) groups excluding carboxylic acids is 2. The van der Waals surface area contributed by atoms with Crippen LogP contribution in [0.1, 0.15) is 16.7 Å². The highest BCUT2D eigenvalue weighted by Gasteiger charge is 2.29. The van der Waals surface area contributed by atoms with Crippen LogP contribution in [0.2, 0.25) is 0 Å². The van der Waals surface area contributed by atoms with Gasteiger partial charge in [-0.1, -0.05) is 35.9 Å². The second-order valence-corrected chi connectivity index (χ2v) is 6.98. The van der Waals surface area contributed by atoms with Gasteiger partial charge in [0.25, 0.3) is 5.91 Å². The lowest BCUT2D eigenvalue weighted by Gasteiger charge is -2.09. The summed E-state index contributed by atoms with van der Waals surface area (Å²) in [7, 11) is 1.45. The Labute approximate surface area is 159 Å². The number of benzene rings is 2. The molecule has 0 saturated carbocycles. The van der Waals surface area contributed by atoms with Gasteiger partial charge in [0.15, 0.2) is 0 Å². The van der Waals surface area contributed by atoms with Gasteiger partial charge in [0.1, 0.15) is 18.1 Å². The molecule has 25 heavy (non-hydrogen) atoms. The highest BCUT2D eigenvalue weighted by molar-refractivity contribution is 14.1. The van der Waals surface area contributed by atoms with Crippen molar-refractivity contribution in [1.82, 2.24) is 10.2 Å². The Morgan fingerprint density at radius 2 is 1.88 bits per heavy atom. The van der Waals surface area contributed by atoms with E-state index in [4.69, 9.17) is 4.74 Å². The first-order chi connectivity index (χ1) is 11.9. The molecule has 1 N–H and O–H groups in total. The number of hydrogen-bond acceptors (Lipinski definition) is 3. The minimum Gasteiger partial charge on any atom is -0.488 e. The Morgan fingerprint density at radius 1 is 1.16 bits per heavy atom. The summed E-state index contributed by atoms with van der Waals surface area (Å²) in [6.07, 6.45) is 1.66. The van der Waals surface area contributed by atoms with E-state index in [0.29, 0.717) is 6.61 Å². The molecule has 3 rings (SSSR count). The van der Waals surface area contributed by atoms with Crippen LogP contribution >= 0.6 is 22.6 Å². The number of nitrogens with zero attached hydrogens (tertiary/aromatic N) is 1. The Kier molecular flexibility index (Phi) is 5.08. The van der Waals surface area contributed by atoms with Crippen molar-refractivity contribution in [3.05, 3.63) is 68.4 Å². The third kappa shape index (κ3) is 4.01. The van der Waals surface area contributed by atoms with E-state index in [1.807, 2.05) is 30.3 Å². The third-order valence-corrected chi connectivity index (χ3v) is 4.71. The number of urea groups is 1. The minimum absolute atomic E-state index is 0.275. The molecule has 1 heterocycles. The summed E-state index contributed by atoms with van der Waals surface area (Å²) in [5.74, 6) is 0.446. The average molecular weight is 448 g/mol. The smallest absolute Gasteiger partial charge is 0.328 e. The maximum atomic E-state index is 11.9. The molecule has 0 spiro atoms. The van der Waals surface area contributed by atoms with Crippen LogP contribution in [0.4, 0.5) is 4.79 Å². The zero-order valence-electron chi connectivity index (χ0n) is 13.9. The van der Waals surface area contributed by atoms with E-state index in [1.54, 1.807) is 6.08 Å². The predicted molar refractivity (Wildman–Crippen MR) is 104 cm³/mol. The maximum absolute atomic E-state index is 11.9. The lowest BCUT2D eigenvalue weighted by atomic mass is 10.1. The number of nitrogens with one attached hydrogen (secondary N) is 1. The first kappa shape index (κ1) is 17.5. The summed E-state index contributed by atoms with van der Waals surface area (Å²) in [6, 6.07) is 13.4. The van der Waals surface area contributed by atoms with Crippen molar-refractivity contribution in [3.63, 3.8) is 0 Å². The Bertz CT molecular complexity index is 859. The van der Waals surface area contributed by atoms with Crippen LogP contribution in [0.25, 0.3) is 6.08 Å². The lowest BCUT2D eigenvalue weighted by molar-refractivity contribution is -0.121. The number of aryl methyl sites for hydroxylation is 1. The Morgan fingerprint density at radius 3 is 2.48 bits per heavy atom. The van der Waals surface area contributed by atoms with E-state index in [2.05, 4.69) is 47.0 Å². The minimum atomic E-state index is -0.413. The fourth-order valence-electron chi connectivity index (χ4n) is 2.36. The molecular weight excluding hydrogens is 431 g/mol. The zero-order chi connectivity index (χ0) is 18.0. The summed E-state index contributed by atoms with van der Waals surface area (Å²) in [5, 5.41) is 2.55. The van der Waals surface area contributed by atoms with E-state index in [1.165, 1.54) is 12.6 Å². The van der Waals surface area contributed by atoms with Crippen LogP contribution in [0.3, 0.4) is 0 Å². The number of likely N-dealkylation sites (N-methyl/N-ethyl adjacent to an activating group) is 1. The van der Waals surface area contributed by atoms with Crippen LogP contribution in [-0.2, 0) is 11.4 Å². The van der Waals surface area contributed by atoms with Gasteiger partial charge in [-0.05, 0) is 58.9 Å². The molecule has 0 unspecified atom stereocenters. The average Bonchev–Trinajstić information content (AvgIpc) is 2.83. The molecule has 5 nitrogen and oxygen atoms in total. The molecule has 6 heteroatoms. The van der Waals surface area contributed by atoms with Crippen molar-refractivity contribution in [2.75, 3.05) is 7.05 Å². The monoisotopic (exact) mass is 448 g/mol. The summed E-state index contributed by atoms with van der Waals surface area (Å²) < 4.78 is 6.80. The number of hydrogen-bond donors (Lipinski definition) is 1. The fraction of sp³-hybridized carbons (Fsp3) is 0.158. The van der Waals surface area contributed by atoms with Crippen LogP contribution < -0.4 is 10.1 Å². The van der Waals surface area contributed by atoms with E-state index in [-0.39, 0.29) is 11.6 Å². The normalized spacial score (nSPS) is 15.6. The standard InChI is InChI=1S/C19H17IN2O3/c1-12-3-5-13(6-4-12)11-25-17-8-7-14(9-15(17)20)10-16-18(23)22(2)19(24)21-16/h3-10H,11H2,1-2H3,(H,21,24)/b16-10+. The van der Waals surface area contributed by atoms with Crippen molar-refractivity contribution in [1.29, 1.82) is 0 Å². The van der Waals surface area contributed by atoms with Crippen LogP contribution in [0.15, 0.2) is 48.2 Å². The number of ether oxygens (including phenoxy) is 1. The largest absolute Gasteiger partial charge is 0.488 e.